The number of nitrogens with zero attached hydrogens (tertiary/aromatic N) is 2. The Morgan fingerprint density at radius 1 is 1.45 bits per heavy atom. The first-order chi connectivity index (χ1) is 9.59. The maximum absolute atomic E-state index is 12.1. The standard InChI is InChI=1S/C14H16BrN3O2/c1-18(2)11(12-6-4-8-20-12)9-17-14(19)10-5-3-7-16-13(10)15/h3-8,11H,9H2,1-2H3,(H,17,19). The molecule has 1 N–H and O–H groups in total. The van der Waals surface area contributed by atoms with Gasteiger partial charge < -0.3 is 9.73 Å². The summed E-state index contributed by atoms with van der Waals surface area (Å²) < 4.78 is 5.94. The molecule has 0 bridgehead atoms. The van der Waals surface area contributed by atoms with Crippen molar-refractivity contribution in [2.45, 2.75) is 6.04 Å². The average Bonchev–Trinajstić information content (AvgIpc) is 2.92. The van der Waals surface area contributed by atoms with Crippen molar-refractivity contribution >= 4 is 21.8 Å². The molecule has 0 saturated heterocycles. The Hall–Kier alpha value is -1.66. The van der Waals surface area contributed by atoms with Gasteiger partial charge in [0, 0.05) is 12.7 Å². The summed E-state index contributed by atoms with van der Waals surface area (Å²) in [4.78, 5) is 18.2. The van der Waals surface area contributed by atoms with Crippen molar-refractivity contribution in [3.05, 3.63) is 52.7 Å². The van der Waals surface area contributed by atoms with E-state index in [4.69, 9.17) is 4.42 Å². The van der Waals surface area contributed by atoms with Gasteiger partial charge in [-0.15, -0.1) is 0 Å². The van der Waals surface area contributed by atoms with E-state index >= 15 is 0 Å². The molecule has 5 nitrogen and oxygen atoms in total. The van der Waals surface area contributed by atoms with E-state index in [2.05, 4.69) is 26.2 Å². The van der Waals surface area contributed by atoms with Crippen molar-refractivity contribution in [1.82, 2.24) is 15.2 Å². The molecular formula is C14H16BrN3O2. The van der Waals surface area contributed by atoms with E-state index in [-0.39, 0.29) is 11.9 Å². The SMILES string of the molecule is CN(C)C(CNC(=O)c1cccnc1Br)c1ccco1. The number of likely N-dealkylation sites (N-methyl/N-ethyl adjacent to an activating group) is 1. The normalized spacial score (nSPS) is 12.4. The highest BCUT2D eigenvalue weighted by Gasteiger charge is 2.19. The highest BCUT2D eigenvalue weighted by Crippen LogP contribution is 2.18. The van der Waals surface area contributed by atoms with Crippen molar-refractivity contribution in [2.24, 2.45) is 0 Å². The maximum atomic E-state index is 12.1. The van der Waals surface area contributed by atoms with Gasteiger partial charge in [0.25, 0.3) is 5.91 Å². The van der Waals surface area contributed by atoms with Crippen LogP contribution in [0.25, 0.3) is 0 Å². The topological polar surface area (TPSA) is 58.4 Å². The number of nitrogens with one attached hydrogen (secondary N) is 1. The van der Waals surface area contributed by atoms with Crippen LogP contribution < -0.4 is 5.32 Å². The van der Waals surface area contributed by atoms with Crippen molar-refractivity contribution in [1.29, 1.82) is 0 Å². The van der Waals surface area contributed by atoms with E-state index in [0.717, 1.165) is 5.76 Å². The molecule has 1 atom stereocenters. The number of halogens is 1. The second-order valence-electron chi connectivity index (χ2n) is 4.55. The highest BCUT2D eigenvalue weighted by atomic mass is 79.9. The van der Waals surface area contributed by atoms with Crippen LogP contribution in [-0.4, -0.2) is 36.4 Å². The zero-order valence-electron chi connectivity index (χ0n) is 11.3. The molecule has 2 heterocycles. The van der Waals surface area contributed by atoms with Crippen LogP contribution in [0, 0.1) is 0 Å². The molecule has 0 aliphatic carbocycles. The summed E-state index contributed by atoms with van der Waals surface area (Å²) in [6, 6.07) is 7.19. The molecule has 106 valence electrons. The molecule has 2 aromatic rings. The molecular weight excluding hydrogens is 322 g/mol. The number of amides is 1. The van der Waals surface area contributed by atoms with Gasteiger partial charge in [-0.3, -0.25) is 9.69 Å². The second kappa shape index (κ2) is 6.67. The minimum atomic E-state index is -0.164. The third-order valence-electron chi connectivity index (χ3n) is 2.95. The van der Waals surface area contributed by atoms with Crippen molar-refractivity contribution in [2.75, 3.05) is 20.6 Å². The first-order valence-corrected chi connectivity index (χ1v) is 6.97. The molecule has 0 fully saturated rings. The number of hydrogen-bond donors (Lipinski definition) is 1. The quantitative estimate of drug-likeness (QED) is 0.851. The van der Waals surface area contributed by atoms with Crippen LogP contribution in [0.2, 0.25) is 0 Å². The van der Waals surface area contributed by atoms with Crippen LogP contribution >= 0.6 is 15.9 Å². The Morgan fingerprint density at radius 2 is 2.25 bits per heavy atom. The summed E-state index contributed by atoms with van der Waals surface area (Å²) in [7, 11) is 3.89. The predicted octanol–water partition coefficient (Wildman–Crippen LogP) is 2.47. The van der Waals surface area contributed by atoms with Crippen LogP contribution in [0.3, 0.4) is 0 Å². The van der Waals surface area contributed by atoms with Gasteiger partial charge in [0.05, 0.1) is 17.9 Å². The third kappa shape index (κ3) is 3.46. The summed E-state index contributed by atoms with van der Waals surface area (Å²) in [5, 5.41) is 2.90. The van der Waals surface area contributed by atoms with Gasteiger partial charge >= 0.3 is 0 Å². The summed E-state index contributed by atoms with van der Waals surface area (Å²) in [6.45, 7) is 0.459. The van der Waals surface area contributed by atoms with Crippen molar-refractivity contribution < 1.29 is 9.21 Å². The zero-order valence-corrected chi connectivity index (χ0v) is 12.9. The fourth-order valence-corrected chi connectivity index (χ4v) is 2.29. The number of hydrogen-bond acceptors (Lipinski definition) is 4. The average molecular weight is 338 g/mol. The van der Waals surface area contributed by atoms with Crippen LogP contribution in [0.15, 0.2) is 45.7 Å². The van der Waals surface area contributed by atoms with Gasteiger partial charge in [0.15, 0.2) is 0 Å². The maximum Gasteiger partial charge on any atom is 0.254 e. The molecule has 0 spiro atoms. The first-order valence-electron chi connectivity index (χ1n) is 6.18. The number of aromatic nitrogens is 1. The lowest BCUT2D eigenvalue weighted by Crippen LogP contribution is -2.34. The highest BCUT2D eigenvalue weighted by molar-refractivity contribution is 9.10. The van der Waals surface area contributed by atoms with Gasteiger partial charge in [-0.2, -0.15) is 0 Å². The zero-order chi connectivity index (χ0) is 14.5. The number of carbonyl (C=O) groups is 1. The first kappa shape index (κ1) is 14.7. The van der Waals surface area contributed by atoms with Gasteiger partial charge in [-0.1, -0.05) is 0 Å². The van der Waals surface area contributed by atoms with Gasteiger partial charge in [0.1, 0.15) is 10.4 Å². The fraction of sp³-hybridized carbons (Fsp3) is 0.286. The molecule has 20 heavy (non-hydrogen) atoms. The number of rotatable bonds is 5. The van der Waals surface area contributed by atoms with E-state index in [1.165, 1.54) is 0 Å². The lowest BCUT2D eigenvalue weighted by Gasteiger charge is -2.22. The van der Waals surface area contributed by atoms with Crippen molar-refractivity contribution in [3.8, 4) is 0 Å². The van der Waals surface area contributed by atoms with E-state index < -0.39 is 0 Å². The van der Waals surface area contributed by atoms with E-state index in [9.17, 15) is 4.79 Å². The summed E-state index contributed by atoms with van der Waals surface area (Å²) >= 11 is 3.27. The largest absolute Gasteiger partial charge is 0.468 e. The lowest BCUT2D eigenvalue weighted by atomic mass is 10.2. The Labute approximate surface area is 126 Å². The Bertz CT molecular complexity index is 570. The summed E-state index contributed by atoms with van der Waals surface area (Å²) in [6.07, 6.45) is 3.26. The molecule has 0 radical (unpaired) electrons. The molecule has 2 rings (SSSR count). The summed E-state index contributed by atoms with van der Waals surface area (Å²) in [5.74, 6) is 0.656. The van der Waals surface area contributed by atoms with E-state index in [1.807, 2.05) is 31.1 Å². The monoisotopic (exact) mass is 337 g/mol. The Balaban J connectivity index is 2.03. The summed E-state index contributed by atoms with van der Waals surface area (Å²) in [5.41, 5.74) is 0.518. The van der Waals surface area contributed by atoms with Crippen molar-refractivity contribution in [3.63, 3.8) is 0 Å². The lowest BCUT2D eigenvalue weighted by molar-refractivity contribution is 0.0938. The minimum Gasteiger partial charge on any atom is -0.468 e. The van der Waals surface area contributed by atoms with Gasteiger partial charge in [-0.25, -0.2) is 4.98 Å². The minimum absolute atomic E-state index is 0.00982. The van der Waals surface area contributed by atoms with Crippen LogP contribution in [0.1, 0.15) is 22.2 Å². The molecule has 2 aromatic heterocycles. The van der Waals surface area contributed by atoms with Gasteiger partial charge in [-0.05, 0) is 54.3 Å². The predicted molar refractivity (Wildman–Crippen MR) is 79.4 cm³/mol. The smallest absolute Gasteiger partial charge is 0.254 e. The fourth-order valence-electron chi connectivity index (χ4n) is 1.86. The Kier molecular flexibility index (Phi) is 4.92. The molecule has 0 aliphatic rings. The molecule has 0 aromatic carbocycles. The number of carbonyl (C=O) groups excluding carboxylic acids is 1. The molecule has 1 unspecified atom stereocenters. The number of furan rings is 1. The van der Waals surface area contributed by atoms with Gasteiger partial charge in [0.2, 0.25) is 0 Å². The van der Waals surface area contributed by atoms with Crippen LogP contribution in [0.4, 0.5) is 0 Å². The molecule has 0 aliphatic heterocycles. The van der Waals surface area contributed by atoms with Crippen LogP contribution in [0.5, 0.6) is 0 Å². The Morgan fingerprint density at radius 3 is 2.85 bits per heavy atom. The third-order valence-corrected chi connectivity index (χ3v) is 3.59. The molecule has 0 saturated carbocycles. The number of pyridine rings is 1. The van der Waals surface area contributed by atoms with E-state index in [1.54, 1.807) is 24.6 Å². The molecule has 1 amide bonds. The molecule has 6 heteroatoms. The van der Waals surface area contributed by atoms with Crippen LogP contribution in [-0.2, 0) is 0 Å². The second-order valence-corrected chi connectivity index (χ2v) is 5.30. The van der Waals surface area contributed by atoms with E-state index in [0.29, 0.717) is 16.7 Å².